The minimum absolute atomic E-state index is 0.241. The molecule has 3 saturated heterocycles. The number of carbonyl (C=O) groups excluding carboxylic acids is 1. The van der Waals surface area contributed by atoms with E-state index in [2.05, 4.69) is 31.3 Å². The van der Waals surface area contributed by atoms with Gasteiger partial charge in [-0.15, -0.1) is 0 Å². The van der Waals surface area contributed by atoms with Crippen LogP contribution in [-0.2, 0) is 33.2 Å². The molecule has 3 aliphatic rings. The van der Waals surface area contributed by atoms with Crippen LogP contribution in [0, 0.1) is 0 Å². The van der Waals surface area contributed by atoms with Gasteiger partial charge in [0.15, 0.2) is 18.9 Å². The Bertz CT molecular complexity index is 1970. The second-order valence-electron chi connectivity index (χ2n) is 31.4. The fraction of sp³-hybridized carbons (Fsp3) is 0.941. The molecule has 614 valence electrons. The Balaban J connectivity index is 1.31. The van der Waals surface area contributed by atoms with E-state index in [-0.39, 0.29) is 18.9 Å². The van der Waals surface area contributed by atoms with Crippen molar-refractivity contribution in [2.24, 2.45) is 0 Å². The minimum atomic E-state index is -1.98. The lowest BCUT2D eigenvalue weighted by atomic mass is 9.96. The van der Waals surface area contributed by atoms with Crippen LogP contribution in [0.3, 0.4) is 0 Å². The maximum absolute atomic E-state index is 13.5. The number of hydrogen-bond acceptors (Lipinski definition) is 18. The van der Waals surface area contributed by atoms with Gasteiger partial charge in [-0.05, 0) is 32.1 Å². The summed E-state index contributed by atoms with van der Waals surface area (Å²) in [5.41, 5.74) is 0. The van der Waals surface area contributed by atoms with Gasteiger partial charge in [0.05, 0.1) is 38.6 Å². The Labute approximate surface area is 632 Å². The summed E-state index contributed by atoms with van der Waals surface area (Å²) in [5, 5.41) is 121. The fourth-order valence-corrected chi connectivity index (χ4v) is 15.0. The van der Waals surface area contributed by atoms with E-state index in [4.69, 9.17) is 28.4 Å². The van der Waals surface area contributed by atoms with Gasteiger partial charge < -0.3 is 89.9 Å². The molecule has 1 amide bonds. The van der Waals surface area contributed by atoms with Crippen molar-refractivity contribution in [1.29, 1.82) is 0 Å². The Hall–Kier alpha value is -1.73. The maximum atomic E-state index is 13.5. The highest BCUT2D eigenvalue weighted by molar-refractivity contribution is 5.76. The van der Waals surface area contributed by atoms with Crippen molar-refractivity contribution in [3.05, 3.63) is 24.3 Å². The van der Waals surface area contributed by atoms with Crippen LogP contribution in [0.4, 0.5) is 0 Å². The molecule has 17 unspecified atom stereocenters. The summed E-state index contributed by atoms with van der Waals surface area (Å²) >= 11 is 0. The van der Waals surface area contributed by atoms with Gasteiger partial charge in [-0.25, -0.2) is 0 Å². The predicted octanol–water partition coefficient (Wildman–Crippen LogP) is 15.7. The third-order valence-corrected chi connectivity index (χ3v) is 22.0. The molecule has 0 spiro atoms. The first-order chi connectivity index (χ1) is 50.8. The summed E-state index contributed by atoms with van der Waals surface area (Å²) < 4.78 is 34.5. The molecular weight excluding hydrogens is 1320 g/mol. The number of nitrogens with one attached hydrogen (secondary N) is 1. The standard InChI is InChI=1S/C85H161NO18/c1-3-5-7-9-11-13-15-17-19-21-23-25-26-27-28-29-30-31-32-33-34-35-36-37-38-39-40-41-43-45-47-49-51-53-55-57-59-61-63-73(91)86-68(69(90)62-60-58-56-54-52-50-48-46-44-42-24-22-20-18-16-14-12-10-8-6-4-2)67-99-83-79(97)76(94)81(71(65-88)101-83)104-85-80(98)77(95)82(72(66-89)102-85)103-84-78(96)75(93)74(92)70(64-87)100-84/h52,54,60,62,68-72,74-85,87-90,92-98H,3-51,53,55-59,61,63-67H2,1-2H3,(H,86,91)/b54-52+,62-60+. The molecule has 3 aliphatic heterocycles. The highest BCUT2D eigenvalue weighted by atomic mass is 16.8. The predicted molar refractivity (Wildman–Crippen MR) is 416 cm³/mol. The number of allylic oxidation sites excluding steroid dienone is 3. The molecule has 0 aromatic heterocycles. The molecule has 12 N–H and O–H groups in total. The third kappa shape index (κ3) is 44.9. The molecule has 19 heteroatoms. The minimum Gasteiger partial charge on any atom is -0.394 e. The summed E-state index contributed by atoms with van der Waals surface area (Å²) in [5.74, 6) is -0.277. The molecule has 19 nitrogen and oxygen atoms in total. The molecule has 3 fully saturated rings. The van der Waals surface area contributed by atoms with Gasteiger partial charge in [-0.2, -0.15) is 0 Å². The first kappa shape index (κ1) is 96.5. The van der Waals surface area contributed by atoms with Crippen LogP contribution in [0.5, 0.6) is 0 Å². The van der Waals surface area contributed by atoms with Gasteiger partial charge in [0, 0.05) is 6.42 Å². The lowest BCUT2D eigenvalue weighted by Gasteiger charge is -2.48. The number of carbonyl (C=O) groups is 1. The zero-order valence-corrected chi connectivity index (χ0v) is 66.0. The average Bonchev–Trinajstić information content (AvgIpc) is 0.777. The zero-order chi connectivity index (χ0) is 75.3. The molecule has 104 heavy (non-hydrogen) atoms. The summed E-state index contributed by atoms with van der Waals surface area (Å²) in [6, 6.07) is -0.988. The van der Waals surface area contributed by atoms with Gasteiger partial charge in [-0.1, -0.05) is 366 Å². The van der Waals surface area contributed by atoms with E-state index in [0.29, 0.717) is 12.8 Å². The molecule has 17 atom stereocenters. The first-order valence-electron chi connectivity index (χ1n) is 43.6. The highest BCUT2D eigenvalue weighted by Crippen LogP contribution is 2.34. The Morgan fingerprint density at radius 1 is 0.337 bits per heavy atom. The van der Waals surface area contributed by atoms with Crippen LogP contribution in [0.2, 0.25) is 0 Å². The third-order valence-electron chi connectivity index (χ3n) is 22.0. The molecular formula is C85H161NO18. The normalized spacial score (nSPS) is 26.0. The van der Waals surface area contributed by atoms with E-state index >= 15 is 0 Å². The van der Waals surface area contributed by atoms with Crippen LogP contribution in [0.25, 0.3) is 0 Å². The Kier molecular flexibility index (Phi) is 61.2. The number of rotatable bonds is 71. The summed E-state index contributed by atoms with van der Waals surface area (Å²) in [7, 11) is 0. The van der Waals surface area contributed by atoms with Crippen LogP contribution >= 0.6 is 0 Å². The second-order valence-corrected chi connectivity index (χ2v) is 31.4. The lowest BCUT2D eigenvalue weighted by Crippen LogP contribution is -2.66. The molecule has 0 bridgehead atoms. The summed E-state index contributed by atoms with van der Waals surface area (Å²) in [6.07, 6.45) is 54.9. The number of aliphatic hydroxyl groups is 11. The quantitative estimate of drug-likeness (QED) is 0.0199. The molecule has 3 heterocycles. The monoisotopic (exact) mass is 1480 g/mol. The largest absolute Gasteiger partial charge is 0.394 e. The van der Waals surface area contributed by atoms with E-state index in [1.165, 1.54) is 308 Å². The van der Waals surface area contributed by atoms with Crippen molar-refractivity contribution in [2.75, 3.05) is 26.4 Å². The van der Waals surface area contributed by atoms with Crippen LogP contribution in [-0.4, -0.2) is 193 Å². The SMILES string of the molecule is CCCCCCCCCCCCCCCCC/C=C/CC/C=C/C(O)C(COC1OC(CO)C(OC2OC(CO)C(OC3OC(CO)C(O)C(O)C3O)C(O)C2O)C(O)C1O)NC(=O)CCCCCCCCCCCCCCCCCCCCCCCCCCCCCCCCCCCCCCCC. The van der Waals surface area contributed by atoms with Crippen molar-refractivity contribution in [1.82, 2.24) is 5.32 Å². The van der Waals surface area contributed by atoms with Crippen molar-refractivity contribution in [2.45, 2.75) is 484 Å². The van der Waals surface area contributed by atoms with Crippen molar-refractivity contribution in [3.63, 3.8) is 0 Å². The Morgan fingerprint density at radius 3 is 0.962 bits per heavy atom. The van der Waals surface area contributed by atoms with Crippen LogP contribution < -0.4 is 5.32 Å². The smallest absolute Gasteiger partial charge is 0.220 e. The number of amides is 1. The van der Waals surface area contributed by atoms with Gasteiger partial charge in [-0.3, -0.25) is 4.79 Å². The summed E-state index contributed by atoms with van der Waals surface area (Å²) in [6.45, 7) is 1.78. The second kappa shape index (κ2) is 65.9. The van der Waals surface area contributed by atoms with E-state index in [1.54, 1.807) is 6.08 Å². The van der Waals surface area contributed by atoms with Crippen LogP contribution in [0.15, 0.2) is 24.3 Å². The van der Waals surface area contributed by atoms with Crippen molar-refractivity contribution >= 4 is 5.91 Å². The highest BCUT2D eigenvalue weighted by Gasteiger charge is 2.54. The lowest BCUT2D eigenvalue weighted by molar-refractivity contribution is -0.379. The van der Waals surface area contributed by atoms with Gasteiger partial charge in [0.2, 0.25) is 5.91 Å². The molecule has 0 aliphatic carbocycles. The van der Waals surface area contributed by atoms with E-state index in [0.717, 1.165) is 38.5 Å². The molecule has 0 aromatic carbocycles. The van der Waals surface area contributed by atoms with E-state index in [9.17, 15) is 61.0 Å². The zero-order valence-electron chi connectivity index (χ0n) is 66.0. The number of unbranched alkanes of at least 4 members (excludes halogenated alkanes) is 53. The number of aliphatic hydroxyl groups excluding tert-OH is 11. The fourth-order valence-electron chi connectivity index (χ4n) is 15.0. The van der Waals surface area contributed by atoms with E-state index in [1.807, 2.05) is 6.08 Å². The van der Waals surface area contributed by atoms with E-state index < -0.39 is 124 Å². The topological polar surface area (TPSA) is 307 Å². The molecule has 3 rings (SSSR count). The van der Waals surface area contributed by atoms with Crippen LogP contribution in [0.1, 0.15) is 380 Å². The van der Waals surface area contributed by atoms with Gasteiger partial charge in [0.25, 0.3) is 0 Å². The Morgan fingerprint density at radius 2 is 0.615 bits per heavy atom. The van der Waals surface area contributed by atoms with Gasteiger partial charge >= 0.3 is 0 Å². The first-order valence-corrected chi connectivity index (χ1v) is 43.6. The molecule has 0 saturated carbocycles. The number of ether oxygens (including phenoxy) is 6. The maximum Gasteiger partial charge on any atom is 0.220 e. The van der Waals surface area contributed by atoms with Crippen molar-refractivity contribution < 1.29 is 89.4 Å². The molecule has 0 aromatic rings. The van der Waals surface area contributed by atoms with Gasteiger partial charge in [0.1, 0.15) is 73.2 Å². The molecule has 0 radical (unpaired) electrons. The average molecular weight is 1490 g/mol. The summed E-state index contributed by atoms with van der Waals surface area (Å²) in [4.78, 5) is 13.5. The number of hydrogen-bond donors (Lipinski definition) is 12. The van der Waals surface area contributed by atoms with Crippen molar-refractivity contribution in [3.8, 4) is 0 Å².